The van der Waals surface area contributed by atoms with Gasteiger partial charge < -0.3 is 5.73 Å². The van der Waals surface area contributed by atoms with Gasteiger partial charge in [-0.2, -0.15) is 5.26 Å². The molecule has 0 aliphatic heterocycles. The van der Waals surface area contributed by atoms with Crippen molar-refractivity contribution < 1.29 is 0 Å². The highest BCUT2D eigenvalue weighted by Crippen LogP contribution is 2.16. The lowest BCUT2D eigenvalue weighted by Gasteiger charge is -1.94. The molecule has 0 atom stereocenters. The molecule has 0 amide bonds. The predicted molar refractivity (Wildman–Crippen MR) is 56.7 cm³/mol. The normalized spacial score (nSPS) is 8.64. The van der Waals surface area contributed by atoms with Crippen molar-refractivity contribution >= 4 is 11.6 Å². The molecule has 0 heterocycles. The second-order valence-corrected chi connectivity index (χ2v) is 3.05. The first-order chi connectivity index (χ1) is 6.77. The van der Waals surface area contributed by atoms with E-state index in [9.17, 15) is 0 Å². The van der Waals surface area contributed by atoms with E-state index in [0.717, 1.165) is 5.56 Å². The summed E-state index contributed by atoms with van der Waals surface area (Å²) >= 11 is 5.83. The lowest BCUT2D eigenvalue weighted by atomic mass is 10.1. The molecule has 0 saturated carbocycles. The van der Waals surface area contributed by atoms with Crippen molar-refractivity contribution in [3.8, 4) is 17.9 Å². The third-order valence-electron chi connectivity index (χ3n) is 1.59. The molecule has 1 aromatic rings. The molecular formula is C11H9ClN2. The molecule has 2 N–H and O–H groups in total. The highest BCUT2D eigenvalue weighted by Gasteiger charge is 1.98. The van der Waals surface area contributed by atoms with Crippen LogP contribution in [0.4, 0.5) is 0 Å². The highest BCUT2D eigenvalue weighted by atomic mass is 35.5. The van der Waals surface area contributed by atoms with Crippen molar-refractivity contribution in [1.29, 1.82) is 5.26 Å². The number of rotatable bonds is 1. The van der Waals surface area contributed by atoms with Gasteiger partial charge in [0.25, 0.3) is 0 Å². The first-order valence-electron chi connectivity index (χ1n) is 4.16. The van der Waals surface area contributed by atoms with E-state index in [1.165, 1.54) is 0 Å². The molecule has 2 nitrogen and oxygen atoms in total. The Labute approximate surface area is 88.3 Å². The number of nitriles is 1. The molecule has 0 fully saturated rings. The second kappa shape index (κ2) is 5.29. The van der Waals surface area contributed by atoms with Crippen LogP contribution in [0, 0.1) is 23.2 Å². The summed E-state index contributed by atoms with van der Waals surface area (Å²) in [6.45, 7) is 0.553. The summed E-state index contributed by atoms with van der Waals surface area (Å²) in [5.41, 5.74) is 6.57. The SMILES string of the molecule is N#Cc1ccc(C#CCCN)cc1Cl. The lowest BCUT2D eigenvalue weighted by molar-refractivity contribution is 1.03. The van der Waals surface area contributed by atoms with Crippen LogP contribution in [0.2, 0.25) is 5.02 Å². The topological polar surface area (TPSA) is 49.8 Å². The Bertz CT molecular complexity index is 421. The van der Waals surface area contributed by atoms with Crippen LogP contribution in [0.25, 0.3) is 0 Å². The largest absolute Gasteiger partial charge is 0.330 e. The van der Waals surface area contributed by atoms with E-state index >= 15 is 0 Å². The molecule has 0 radical (unpaired) electrons. The van der Waals surface area contributed by atoms with Crippen LogP contribution < -0.4 is 5.73 Å². The number of halogens is 1. The van der Waals surface area contributed by atoms with Crippen LogP contribution in [0.1, 0.15) is 17.5 Å². The van der Waals surface area contributed by atoms with Crippen LogP contribution >= 0.6 is 11.6 Å². The molecule has 0 spiro atoms. The maximum absolute atomic E-state index is 8.64. The molecule has 0 unspecified atom stereocenters. The fourth-order valence-electron chi connectivity index (χ4n) is 0.920. The molecule has 3 heteroatoms. The van der Waals surface area contributed by atoms with Crippen LogP contribution in [-0.2, 0) is 0 Å². The van der Waals surface area contributed by atoms with Crippen molar-refractivity contribution in [2.24, 2.45) is 5.73 Å². The molecule has 0 aromatic heterocycles. The van der Waals surface area contributed by atoms with Crippen LogP contribution in [0.3, 0.4) is 0 Å². The summed E-state index contributed by atoms with van der Waals surface area (Å²) in [7, 11) is 0. The quantitative estimate of drug-likeness (QED) is 0.711. The summed E-state index contributed by atoms with van der Waals surface area (Å²) in [5, 5.41) is 9.07. The Morgan fingerprint density at radius 2 is 2.21 bits per heavy atom. The molecule has 14 heavy (non-hydrogen) atoms. The molecule has 0 bridgehead atoms. The monoisotopic (exact) mass is 204 g/mol. The summed E-state index contributed by atoms with van der Waals surface area (Å²) in [4.78, 5) is 0. The van der Waals surface area contributed by atoms with Gasteiger partial charge in [-0.25, -0.2) is 0 Å². The summed E-state index contributed by atoms with van der Waals surface area (Å²) in [6.07, 6.45) is 0.664. The number of nitrogens with two attached hydrogens (primary N) is 1. The molecule has 0 saturated heterocycles. The summed E-state index contributed by atoms with van der Waals surface area (Å²) in [6, 6.07) is 7.11. The molecule has 1 aromatic carbocycles. The molecule has 70 valence electrons. The molecule has 1 rings (SSSR count). The average Bonchev–Trinajstić information content (AvgIpc) is 2.18. The minimum atomic E-state index is 0.437. The Kier molecular flexibility index (Phi) is 4.01. The number of nitrogens with zero attached hydrogens (tertiary/aromatic N) is 1. The van der Waals surface area contributed by atoms with Gasteiger partial charge in [0.05, 0.1) is 10.6 Å². The standard InChI is InChI=1S/C11H9ClN2/c12-11-7-9(3-1-2-6-13)4-5-10(11)8-14/h4-5,7H,2,6,13H2. The van der Waals surface area contributed by atoms with Gasteiger partial charge >= 0.3 is 0 Å². The Balaban J connectivity index is 2.89. The number of benzene rings is 1. The van der Waals surface area contributed by atoms with Gasteiger partial charge in [0, 0.05) is 18.5 Å². The first kappa shape index (κ1) is 10.6. The van der Waals surface area contributed by atoms with E-state index in [0.29, 0.717) is 23.6 Å². The van der Waals surface area contributed by atoms with Gasteiger partial charge in [0.15, 0.2) is 0 Å². The van der Waals surface area contributed by atoms with E-state index in [1.807, 2.05) is 6.07 Å². The maximum Gasteiger partial charge on any atom is 0.101 e. The molecule has 0 aliphatic rings. The van der Waals surface area contributed by atoms with E-state index in [4.69, 9.17) is 22.6 Å². The number of hydrogen-bond donors (Lipinski definition) is 1. The van der Waals surface area contributed by atoms with E-state index in [1.54, 1.807) is 18.2 Å². The Morgan fingerprint density at radius 1 is 1.43 bits per heavy atom. The minimum absolute atomic E-state index is 0.437. The molecular weight excluding hydrogens is 196 g/mol. The summed E-state index contributed by atoms with van der Waals surface area (Å²) in [5.74, 6) is 5.81. The zero-order chi connectivity index (χ0) is 10.4. The van der Waals surface area contributed by atoms with Gasteiger partial charge in [0.1, 0.15) is 6.07 Å². The van der Waals surface area contributed by atoms with Crippen molar-refractivity contribution in [2.45, 2.75) is 6.42 Å². The highest BCUT2D eigenvalue weighted by molar-refractivity contribution is 6.31. The fraction of sp³-hybridized carbons (Fsp3) is 0.182. The smallest absolute Gasteiger partial charge is 0.101 e. The van der Waals surface area contributed by atoms with Gasteiger partial charge in [-0.15, -0.1) is 0 Å². The van der Waals surface area contributed by atoms with Crippen molar-refractivity contribution in [1.82, 2.24) is 0 Å². The third-order valence-corrected chi connectivity index (χ3v) is 1.90. The van der Waals surface area contributed by atoms with Gasteiger partial charge in [-0.3, -0.25) is 0 Å². The fourth-order valence-corrected chi connectivity index (χ4v) is 1.14. The van der Waals surface area contributed by atoms with Crippen LogP contribution in [-0.4, -0.2) is 6.54 Å². The average molecular weight is 205 g/mol. The van der Waals surface area contributed by atoms with E-state index < -0.39 is 0 Å². The van der Waals surface area contributed by atoms with E-state index in [2.05, 4.69) is 11.8 Å². The zero-order valence-corrected chi connectivity index (χ0v) is 8.30. The van der Waals surface area contributed by atoms with Gasteiger partial charge in [-0.05, 0) is 18.2 Å². The minimum Gasteiger partial charge on any atom is -0.330 e. The second-order valence-electron chi connectivity index (χ2n) is 2.65. The predicted octanol–water partition coefficient (Wildman–Crippen LogP) is 1.91. The van der Waals surface area contributed by atoms with E-state index in [-0.39, 0.29) is 0 Å². The zero-order valence-electron chi connectivity index (χ0n) is 7.55. The Hall–Kier alpha value is -1.48. The lowest BCUT2D eigenvalue weighted by Crippen LogP contribution is -1.95. The third kappa shape index (κ3) is 2.78. The van der Waals surface area contributed by atoms with Crippen molar-refractivity contribution in [3.63, 3.8) is 0 Å². The van der Waals surface area contributed by atoms with Crippen LogP contribution in [0.15, 0.2) is 18.2 Å². The van der Waals surface area contributed by atoms with Crippen molar-refractivity contribution in [2.75, 3.05) is 6.54 Å². The molecule has 0 aliphatic carbocycles. The number of hydrogen-bond acceptors (Lipinski definition) is 2. The van der Waals surface area contributed by atoms with Gasteiger partial charge in [-0.1, -0.05) is 23.4 Å². The van der Waals surface area contributed by atoms with Crippen molar-refractivity contribution in [3.05, 3.63) is 34.3 Å². The first-order valence-corrected chi connectivity index (χ1v) is 4.54. The van der Waals surface area contributed by atoms with Gasteiger partial charge in [0.2, 0.25) is 0 Å². The summed E-state index contributed by atoms with van der Waals surface area (Å²) < 4.78 is 0. The Morgan fingerprint density at radius 3 is 2.79 bits per heavy atom. The maximum atomic E-state index is 8.64. The van der Waals surface area contributed by atoms with Crippen LogP contribution in [0.5, 0.6) is 0 Å².